The van der Waals surface area contributed by atoms with Gasteiger partial charge in [0.25, 0.3) is 0 Å². The molecule has 226 valence electrons. The Balaban J connectivity index is 1.57. The number of Topliss-reactive ketones (excluding diaryl/α,β-unsaturated/α-hetero) is 2. The van der Waals surface area contributed by atoms with Crippen LogP contribution >= 0.6 is 0 Å². The third-order valence-corrected chi connectivity index (χ3v) is 9.69. The van der Waals surface area contributed by atoms with Crippen molar-refractivity contribution in [2.24, 2.45) is 5.92 Å². The molecule has 3 aliphatic heterocycles. The second kappa shape index (κ2) is 10.5. The van der Waals surface area contributed by atoms with Crippen LogP contribution < -0.4 is 19.7 Å². The number of allylic oxidation sites excluding steroid dienone is 1. The molecule has 3 aliphatic rings. The van der Waals surface area contributed by atoms with Crippen molar-refractivity contribution < 1.29 is 23.9 Å². The van der Waals surface area contributed by atoms with E-state index in [1.165, 1.54) is 14.2 Å². The number of ketones is 2. The standard InChI is InChI=1S/C38H34N2O5/c1-21-10-13-24(14-11-21)35(41)34-33(36(42)27-20-25(44-4)15-17-31(27)45-5)38(28-8-6-7-9-29(28)39-37(38)43)32-19-23(3)26-18-22(2)12-16-30(26)40(32)34/h6-20,32-34H,1-5H3,(H,39,43)/t32-,33+,34-,38+/m1/s1. The lowest BCUT2D eigenvalue weighted by atomic mass is 9.63. The summed E-state index contributed by atoms with van der Waals surface area (Å²) in [5.74, 6) is -1.20. The minimum atomic E-state index is -1.42. The Morgan fingerprint density at radius 2 is 1.56 bits per heavy atom. The molecule has 7 heteroatoms. The molecule has 1 amide bonds. The normalized spacial score (nSPS) is 22.7. The summed E-state index contributed by atoms with van der Waals surface area (Å²) in [7, 11) is 3.04. The molecule has 4 aromatic carbocycles. The predicted molar refractivity (Wildman–Crippen MR) is 175 cm³/mol. The fourth-order valence-electron chi connectivity index (χ4n) is 7.61. The topological polar surface area (TPSA) is 84.9 Å². The van der Waals surface area contributed by atoms with Gasteiger partial charge in [-0.15, -0.1) is 0 Å². The van der Waals surface area contributed by atoms with Gasteiger partial charge in [0, 0.05) is 22.5 Å². The van der Waals surface area contributed by atoms with Crippen molar-refractivity contribution in [3.8, 4) is 11.5 Å². The zero-order valence-corrected chi connectivity index (χ0v) is 25.9. The summed E-state index contributed by atoms with van der Waals surface area (Å²) in [6.45, 7) is 6.02. The number of carbonyl (C=O) groups excluding carboxylic acids is 3. The number of methoxy groups -OCH3 is 2. The smallest absolute Gasteiger partial charge is 0.238 e. The van der Waals surface area contributed by atoms with Crippen molar-refractivity contribution in [3.63, 3.8) is 0 Å². The summed E-state index contributed by atoms with van der Waals surface area (Å²) in [6.07, 6.45) is 2.06. The summed E-state index contributed by atoms with van der Waals surface area (Å²) in [4.78, 5) is 46.9. The number of fused-ring (bicyclic) bond motifs is 6. The number of anilines is 2. The van der Waals surface area contributed by atoms with Gasteiger partial charge in [0.2, 0.25) is 5.91 Å². The molecule has 45 heavy (non-hydrogen) atoms. The number of carbonyl (C=O) groups is 3. The van der Waals surface area contributed by atoms with Gasteiger partial charge in [0.05, 0.1) is 31.7 Å². The highest BCUT2D eigenvalue weighted by atomic mass is 16.5. The van der Waals surface area contributed by atoms with Gasteiger partial charge in [-0.3, -0.25) is 14.4 Å². The number of para-hydroxylation sites is 1. The molecule has 7 nitrogen and oxygen atoms in total. The molecule has 1 fully saturated rings. The van der Waals surface area contributed by atoms with Gasteiger partial charge >= 0.3 is 0 Å². The average molecular weight is 599 g/mol. The van der Waals surface area contributed by atoms with Crippen LogP contribution in [0.15, 0.2) is 91.0 Å². The number of hydrogen-bond acceptors (Lipinski definition) is 6. The number of nitrogens with zero attached hydrogens (tertiary/aromatic N) is 1. The van der Waals surface area contributed by atoms with Crippen molar-refractivity contribution in [2.45, 2.75) is 38.3 Å². The van der Waals surface area contributed by atoms with Crippen LogP contribution in [0.2, 0.25) is 0 Å². The van der Waals surface area contributed by atoms with Crippen LogP contribution in [0.5, 0.6) is 11.5 Å². The van der Waals surface area contributed by atoms with E-state index < -0.39 is 23.4 Å². The lowest BCUT2D eigenvalue weighted by Crippen LogP contribution is -2.51. The molecule has 1 N–H and O–H groups in total. The fraction of sp³-hybridized carbons (Fsp3) is 0.237. The molecule has 0 saturated carbocycles. The van der Waals surface area contributed by atoms with Gasteiger partial charge < -0.3 is 19.7 Å². The molecular weight excluding hydrogens is 564 g/mol. The molecule has 0 unspecified atom stereocenters. The summed E-state index contributed by atoms with van der Waals surface area (Å²) < 4.78 is 11.2. The van der Waals surface area contributed by atoms with Crippen LogP contribution in [0.25, 0.3) is 5.57 Å². The van der Waals surface area contributed by atoms with Crippen LogP contribution in [0.1, 0.15) is 49.9 Å². The Morgan fingerprint density at radius 1 is 0.822 bits per heavy atom. The van der Waals surface area contributed by atoms with E-state index >= 15 is 4.79 Å². The van der Waals surface area contributed by atoms with E-state index in [-0.39, 0.29) is 23.0 Å². The molecule has 1 spiro atoms. The molecule has 0 aliphatic carbocycles. The van der Waals surface area contributed by atoms with Crippen LogP contribution in [0, 0.1) is 19.8 Å². The summed E-state index contributed by atoms with van der Waals surface area (Å²) >= 11 is 0. The minimum absolute atomic E-state index is 0.228. The van der Waals surface area contributed by atoms with Crippen molar-refractivity contribution in [1.29, 1.82) is 0 Å². The highest BCUT2D eigenvalue weighted by Crippen LogP contribution is 2.59. The lowest BCUT2D eigenvalue weighted by Gasteiger charge is -2.39. The van der Waals surface area contributed by atoms with Crippen LogP contribution in [0.4, 0.5) is 11.4 Å². The first-order chi connectivity index (χ1) is 21.7. The lowest BCUT2D eigenvalue weighted by molar-refractivity contribution is -0.121. The highest BCUT2D eigenvalue weighted by Gasteiger charge is 2.70. The second-order valence-corrected chi connectivity index (χ2v) is 12.2. The maximum absolute atomic E-state index is 15.3. The Labute approximate surface area is 262 Å². The van der Waals surface area contributed by atoms with Gasteiger partial charge in [-0.1, -0.05) is 65.7 Å². The Bertz CT molecular complexity index is 1930. The average Bonchev–Trinajstić information content (AvgIpc) is 3.52. The third kappa shape index (κ3) is 4.06. The summed E-state index contributed by atoms with van der Waals surface area (Å²) in [5.41, 5.74) is 5.52. The first-order valence-electron chi connectivity index (χ1n) is 15.1. The number of rotatable bonds is 6. The molecule has 4 aromatic rings. The van der Waals surface area contributed by atoms with Crippen LogP contribution in [-0.2, 0) is 10.2 Å². The molecule has 1 saturated heterocycles. The fourth-order valence-corrected chi connectivity index (χ4v) is 7.61. The molecule has 4 atom stereocenters. The number of amides is 1. The SMILES string of the molecule is COc1ccc(OC)c(C(=O)[C@@H]2[C@H](C(=O)c3ccc(C)cc3)N3c4ccc(C)cc4C(C)=C[C@@H]3[C@]23C(=O)Nc2ccccc23)c1. The number of aryl methyl sites for hydroxylation is 2. The minimum Gasteiger partial charge on any atom is -0.497 e. The van der Waals surface area contributed by atoms with E-state index in [0.29, 0.717) is 28.3 Å². The van der Waals surface area contributed by atoms with Gasteiger partial charge in [0.1, 0.15) is 23.0 Å². The Morgan fingerprint density at radius 3 is 2.29 bits per heavy atom. The zero-order chi connectivity index (χ0) is 31.6. The predicted octanol–water partition coefficient (Wildman–Crippen LogP) is 6.57. The van der Waals surface area contributed by atoms with E-state index in [1.807, 2.05) is 74.2 Å². The van der Waals surface area contributed by atoms with Gasteiger partial charge in [-0.25, -0.2) is 0 Å². The number of hydrogen-bond donors (Lipinski definition) is 1. The first-order valence-corrected chi connectivity index (χ1v) is 15.1. The highest BCUT2D eigenvalue weighted by molar-refractivity contribution is 6.19. The van der Waals surface area contributed by atoms with Crippen molar-refractivity contribution in [1.82, 2.24) is 0 Å². The maximum atomic E-state index is 15.3. The summed E-state index contributed by atoms with van der Waals surface area (Å²) in [5, 5.41) is 3.09. The maximum Gasteiger partial charge on any atom is 0.238 e. The van der Waals surface area contributed by atoms with E-state index in [9.17, 15) is 9.59 Å². The number of benzene rings is 4. The molecule has 0 aromatic heterocycles. The van der Waals surface area contributed by atoms with Gasteiger partial charge in [-0.05, 0) is 68.3 Å². The van der Waals surface area contributed by atoms with Crippen molar-refractivity contribution in [2.75, 3.05) is 24.4 Å². The van der Waals surface area contributed by atoms with E-state index in [1.54, 1.807) is 30.3 Å². The van der Waals surface area contributed by atoms with Crippen molar-refractivity contribution >= 4 is 34.4 Å². The monoisotopic (exact) mass is 598 g/mol. The molecule has 7 rings (SSSR count). The Hall–Kier alpha value is -5.17. The molecule has 0 bridgehead atoms. The van der Waals surface area contributed by atoms with Crippen LogP contribution in [0.3, 0.4) is 0 Å². The summed E-state index contributed by atoms with van der Waals surface area (Å²) in [6, 6.07) is 24.4. The molecule has 0 radical (unpaired) electrons. The number of ether oxygens (including phenoxy) is 2. The van der Waals surface area contributed by atoms with Gasteiger partial charge in [-0.2, -0.15) is 0 Å². The molecular formula is C38H34N2O5. The first kappa shape index (κ1) is 28.6. The largest absolute Gasteiger partial charge is 0.497 e. The number of nitrogens with one attached hydrogen (secondary N) is 1. The second-order valence-electron chi connectivity index (χ2n) is 12.2. The van der Waals surface area contributed by atoms with Crippen molar-refractivity contribution in [3.05, 3.63) is 124 Å². The van der Waals surface area contributed by atoms with E-state index in [4.69, 9.17) is 9.47 Å². The zero-order valence-electron chi connectivity index (χ0n) is 25.9. The van der Waals surface area contributed by atoms with E-state index in [0.717, 1.165) is 28.0 Å². The third-order valence-electron chi connectivity index (χ3n) is 9.69. The Kier molecular flexibility index (Phi) is 6.66. The van der Waals surface area contributed by atoms with Gasteiger partial charge in [0.15, 0.2) is 11.6 Å². The quantitative estimate of drug-likeness (QED) is 0.253. The van der Waals surface area contributed by atoms with E-state index in [2.05, 4.69) is 17.5 Å². The molecule has 3 heterocycles. The van der Waals surface area contributed by atoms with Crippen LogP contribution in [-0.4, -0.2) is 43.8 Å².